The largest absolute Gasteiger partial charge is 0.296 e. The zero-order valence-corrected chi connectivity index (χ0v) is 12.6. The Labute approximate surface area is 112 Å². The second-order valence-electron chi connectivity index (χ2n) is 4.10. The molecule has 0 aliphatic heterocycles. The van der Waals surface area contributed by atoms with Gasteiger partial charge in [0.1, 0.15) is 14.8 Å². The van der Waals surface area contributed by atoms with Gasteiger partial charge in [-0.05, 0) is 14.0 Å². The maximum Gasteiger partial charge on any atom is 0.148 e. The van der Waals surface area contributed by atoms with E-state index in [1.54, 1.807) is 11.3 Å². The third-order valence-corrected chi connectivity index (χ3v) is 4.80. The molecule has 0 saturated heterocycles. The van der Waals surface area contributed by atoms with Gasteiger partial charge in [-0.15, -0.1) is 22.9 Å². The summed E-state index contributed by atoms with van der Waals surface area (Å²) in [4.78, 5) is 6.37. The number of alkyl halides is 1. The third kappa shape index (κ3) is 4.91. The van der Waals surface area contributed by atoms with Crippen LogP contribution in [0.25, 0.3) is 0 Å². The van der Waals surface area contributed by atoms with Crippen LogP contribution in [0.4, 0.5) is 0 Å². The molecule has 0 aromatic carbocycles. The average molecular weight is 297 g/mol. The fourth-order valence-corrected chi connectivity index (χ4v) is 3.06. The molecule has 1 aromatic rings. The van der Waals surface area contributed by atoms with E-state index in [1.165, 1.54) is 6.26 Å². The van der Waals surface area contributed by atoms with Crippen LogP contribution in [0.15, 0.2) is 5.38 Å². The lowest BCUT2D eigenvalue weighted by atomic mass is 10.3. The summed E-state index contributed by atoms with van der Waals surface area (Å²) in [6, 6.07) is 0.110. The van der Waals surface area contributed by atoms with Crippen molar-refractivity contribution in [3.8, 4) is 0 Å². The molecule has 0 N–H and O–H groups in total. The van der Waals surface area contributed by atoms with Gasteiger partial charge in [-0.3, -0.25) is 4.90 Å². The SMILES string of the molecule is CC(c1nc(CCl)cs1)N(C)CCS(C)(=O)=O. The molecule has 0 saturated carbocycles. The van der Waals surface area contributed by atoms with Gasteiger partial charge in [-0.1, -0.05) is 0 Å². The fourth-order valence-electron chi connectivity index (χ4n) is 1.27. The van der Waals surface area contributed by atoms with Crippen molar-refractivity contribution < 1.29 is 8.42 Å². The first-order valence-corrected chi connectivity index (χ1v) is 8.69. The molecule has 1 aromatic heterocycles. The fraction of sp³-hybridized carbons (Fsp3) is 0.700. The van der Waals surface area contributed by atoms with Gasteiger partial charge in [-0.25, -0.2) is 13.4 Å². The first-order valence-electron chi connectivity index (χ1n) is 5.21. The summed E-state index contributed by atoms with van der Waals surface area (Å²) < 4.78 is 22.2. The number of rotatable bonds is 6. The number of thiazole rings is 1. The molecule has 0 fully saturated rings. The van der Waals surface area contributed by atoms with Gasteiger partial charge in [0.25, 0.3) is 0 Å². The van der Waals surface area contributed by atoms with Crippen LogP contribution in [0.3, 0.4) is 0 Å². The maximum absolute atomic E-state index is 11.1. The molecule has 0 amide bonds. The second-order valence-corrected chi connectivity index (χ2v) is 7.51. The normalized spacial score (nSPS) is 14.2. The first kappa shape index (κ1) is 14.9. The van der Waals surface area contributed by atoms with E-state index < -0.39 is 9.84 Å². The summed E-state index contributed by atoms with van der Waals surface area (Å²) in [6.07, 6.45) is 1.25. The lowest BCUT2D eigenvalue weighted by Crippen LogP contribution is -2.28. The molecule has 98 valence electrons. The average Bonchev–Trinajstić information content (AvgIpc) is 2.72. The van der Waals surface area contributed by atoms with E-state index in [2.05, 4.69) is 4.98 Å². The molecule has 7 heteroatoms. The van der Waals surface area contributed by atoms with Crippen LogP contribution in [0.2, 0.25) is 0 Å². The highest BCUT2D eigenvalue weighted by atomic mass is 35.5. The van der Waals surface area contributed by atoms with Crippen LogP contribution in [0.1, 0.15) is 23.7 Å². The van der Waals surface area contributed by atoms with E-state index in [0.29, 0.717) is 12.4 Å². The van der Waals surface area contributed by atoms with Gasteiger partial charge in [0.15, 0.2) is 0 Å². The Balaban J connectivity index is 2.60. The Morgan fingerprint density at radius 3 is 2.71 bits per heavy atom. The minimum Gasteiger partial charge on any atom is -0.296 e. The monoisotopic (exact) mass is 296 g/mol. The third-order valence-electron chi connectivity index (χ3n) is 2.54. The van der Waals surface area contributed by atoms with Crippen molar-refractivity contribution in [2.75, 3.05) is 25.6 Å². The van der Waals surface area contributed by atoms with Crippen molar-refractivity contribution in [3.63, 3.8) is 0 Å². The summed E-state index contributed by atoms with van der Waals surface area (Å²) in [5.41, 5.74) is 0.870. The minimum atomic E-state index is -2.91. The number of sulfone groups is 1. The first-order chi connectivity index (χ1) is 7.83. The summed E-state index contributed by atoms with van der Waals surface area (Å²) in [6.45, 7) is 2.52. The molecule has 1 atom stereocenters. The van der Waals surface area contributed by atoms with Gasteiger partial charge < -0.3 is 0 Å². The van der Waals surface area contributed by atoms with E-state index in [1.807, 2.05) is 24.3 Å². The molecular formula is C10H17ClN2O2S2. The molecule has 1 heterocycles. The van der Waals surface area contributed by atoms with Crippen LogP contribution in [-0.4, -0.2) is 43.9 Å². The van der Waals surface area contributed by atoms with Gasteiger partial charge in [-0.2, -0.15) is 0 Å². The summed E-state index contributed by atoms with van der Waals surface area (Å²) in [7, 11) is -1.01. The number of halogens is 1. The van der Waals surface area contributed by atoms with Crippen LogP contribution < -0.4 is 0 Å². The standard InChI is InChI=1S/C10H17ClN2O2S2/c1-8(10-12-9(6-11)7-16-10)13(2)4-5-17(3,14)15/h7-8H,4-6H2,1-3H3. The van der Waals surface area contributed by atoms with Crippen molar-refractivity contribution in [1.82, 2.24) is 9.88 Å². The molecular weight excluding hydrogens is 280 g/mol. The molecule has 17 heavy (non-hydrogen) atoms. The Hall–Kier alpha value is -0.170. The topological polar surface area (TPSA) is 50.3 Å². The van der Waals surface area contributed by atoms with Gasteiger partial charge in [0.2, 0.25) is 0 Å². The van der Waals surface area contributed by atoms with Crippen LogP contribution in [-0.2, 0) is 15.7 Å². The van der Waals surface area contributed by atoms with E-state index in [9.17, 15) is 8.42 Å². The summed E-state index contributed by atoms with van der Waals surface area (Å²) in [5.74, 6) is 0.581. The molecule has 1 rings (SSSR count). The van der Waals surface area contributed by atoms with E-state index in [0.717, 1.165) is 10.7 Å². The number of nitrogens with zero attached hydrogens (tertiary/aromatic N) is 2. The van der Waals surface area contributed by atoms with Crippen molar-refractivity contribution in [1.29, 1.82) is 0 Å². The zero-order chi connectivity index (χ0) is 13.1. The van der Waals surface area contributed by atoms with E-state index in [4.69, 9.17) is 11.6 Å². The number of hydrogen-bond donors (Lipinski definition) is 0. The zero-order valence-electron chi connectivity index (χ0n) is 10.2. The molecule has 0 spiro atoms. The summed E-state index contributed by atoms with van der Waals surface area (Å²) in [5, 5.41) is 2.90. The maximum atomic E-state index is 11.1. The smallest absolute Gasteiger partial charge is 0.148 e. The van der Waals surface area contributed by atoms with Gasteiger partial charge in [0.05, 0.1) is 23.4 Å². The molecule has 4 nitrogen and oxygen atoms in total. The Morgan fingerprint density at radius 1 is 1.59 bits per heavy atom. The molecule has 0 bridgehead atoms. The number of aromatic nitrogens is 1. The minimum absolute atomic E-state index is 0.110. The van der Waals surface area contributed by atoms with E-state index >= 15 is 0 Å². The van der Waals surface area contributed by atoms with Crippen LogP contribution in [0.5, 0.6) is 0 Å². The van der Waals surface area contributed by atoms with Crippen molar-refractivity contribution in [2.24, 2.45) is 0 Å². The molecule has 0 aliphatic carbocycles. The predicted octanol–water partition coefficient (Wildman–Crippen LogP) is 1.92. The van der Waals surface area contributed by atoms with Gasteiger partial charge >= 0.3 is 0 Å². The summed E-state index contributed by atoms with van der Waals surface area (Å²) >= 11 is 7.25. The molecule has 1 unspecified atom stereocenters. The van der Waals surface area contributed by atoms with E-state index in [-0.39, 0.29) is 11.8 Å². The predicted molar refractivity (Wildman–Crippen MR) is 72.4 cm³/mol. The van der Waals surface area contributed by atoms with Gasteiger partial charge in [0, 0.05) is 18.2 Å². The van der Waals surface area contributed by atoms with Crippen molar-refractivity contribution in [3.05, 3.63) is 16.1 Å². The lowest BCUT2D eigenvalue weighted by Gasteiger charge is -2.22. The highest BCUT2D eigenvalue weighted by molar-refractivity contribution is 7.90. The van der Waals surface area contributed by atoms with Crippen LogP contribution >= 0.6 is 22.9 Å². The Kier molecular flexibility index (Phi) is 5.37. The van der Waals surface area contributed by atoms with Crippen LogP contribution in [0, 0.1) is 0 Å². The quantitative estimate of drug-likeness (QED) is 0.753. The highest BCUT2D eigenvalue weighted by Crippen LogP contribution is 2.23. The second kappa shape index (κ2) is 6.13. The molecule has 0 radical (unpaired) electrons. The number of hydrogen-bond acceptors (Lipinski definition) is 5. The van der Waals surface area contributed by atoms with Crippen molar-refractivity contribution in [2.45, 2.75) is 18.8 Å². The Morgan fingerprint density at radius 2 is 2.24 bits per heavy atom. The lowest BCUT2D eigenvalue weighted by molar-refractivity contribution is 0.276. The Bertz CT molecular complexity index is 459. The highest BCUT2D eigenvalue weighted by Gasteiger charge is 2.16. The molecule has 0 aliphatic rings. The van der Waals surface area contributed by atoms with Crippen molar-refractivity contribution >= 4 is 32.8 Å².